The van der Waals surface area contributed by atoms with E-state index in [4.69, 9.17) is 10.9 Å². The van der Waals surface area contributed by atoms with Crippen LogP contribution in [0, 0.1) is 0 Å². The first-order chi connectivity index (χ1) is 8.36. The summed E-state index contributed by atoms with van der Waals surface area (Å²) in [6.07, 6.45) is -7.26. The first kappa shape index (κ1) is 14.2. The van der Waals surface area contributed by atoms with Gasteiger partial charge in [-0.25, -0.2) is 5.84 Å². The Labute approximate surface area is 99.4 Å². The maximum absolute atomic E-state index is 12.0. The van der Waals surface area contributed by atoms with Crippen LogP contribution in [0.5, 0.6) is 6.01 Å². The van der Waals surface area contributed by atoms with Crippen LogP contribution >= 0.6 is 0 Å². The third-order valence-electron chi connectivity index (χ3n) is 1.76. The van der Waals surface area contributed by atoms with E-state index < -0.39 is 18.8 Å². The van der Waals surface area contributed by atoms with E-state index in [1.807, 2.05) is 0 Å². The molecule has 0 bridgehead atoms. The number of hydrogen-bond donors (Lipinski definition) is 4. The predicted molar refractivity (Wildman–Crippen MR) is 54.7 cm³/mol. The summed E-state index contributed by atoms with van der Waals surface area (Å²) in [7, 11) is 1.27. The molecule has 11 heteroatoms. The van der Waals surface area contributed by atoms with E-state index in [2.05, 4.69) is 30.4 Å². The smallest absolute Gasteiger partial charge is 0.416 e. The number of hydrazine groups is 1. The largest absolute Gasteiger partial charge is 0.467 e. The summed E-state index contributed by atoms with van der Waals surface area (Å²) in [6.45, 7) is -0.805. The molecule has 0 radical (unpaired) electrons. The SMILES string of the molecule is COc1nc(NN)nc(NCC(O)C(F)(F)F)n1. The minimum Gasteiger partial charge on any atom is -0.467 e. The summed E-state index contributed by atoms with van der Waals surface area (Å²) in [5.41, 5.74) is 2.09. The fourth-order valence-corrected chi connectivity index (χ4v) is 0.895. The Kier molecular flexibility index (Phi) is 4.44. The van der Waals surface area contributed by atoms with Crippen molar-refractivity contribution in [2.75, 3.05) is 24.4 Å². The fraction of sp³-hybridized carbons (Fsp3) is 0.571. The van der Waals surface area contributed by atoms with Crippen molar-refractivity contribution in [3.05, 3.63) is 0 Å². The van der Waals surface area contributed by atoms with Crippen molar-refractivity contribution >= 4 is 11.9 Å². The van der Waals surface area contributed by atoms with Crippen LogP contribution in [0.2, 0.25) is 0 Å². The quantitative estimate of drug-likeness (QED) is 0.417. The maximum Gasteiger partial charge on any atom is 0.416 e. The Morgan fingerprint density at radius 2 is 1.94 bits per heavy atom. The van der Waals surface area contributed by atoms with Crippen molar-refractivity contribution in [2.24, 2.45) is 5.84 Å². The molecule has 8 nitrogen and oxygen atoms in total. The molecule has 102 valence electrons. The number of halogens is 3. The third kappa shape index (κ3) is 3.85. The second-order valence-corrected chi connectivity index (χ2v) is 3.05. The van der Waals surface area contributed by atoms with Gasteiger partial charge in [-0.15, -0.1) is 0 Å². The molecule has 1 rings (SSSR count). The van der Waals surface area contributed by atoms with Crippen molar-refractivity contribution in [1.82, 2.24) is 15.0 Å². The number of nitrogens with two attached hydrogens (primary N) is 1. The summed E-state index contributed by atoms with van der Waals surface area (Å²) in [6, 6.07) is -0.137. The Morgan fingerprint density at radius 1 is 1.33 bits per heavy atom. The van der Waals surface area contributed by atoms with E-state index in [0.717, 1.165) is 0 Å². The van der Waals surface area contributed by atoms with Crippen LogP contribution in [0.3, 0.4) is 0 Å². The van der Waals surface area contributed by atoms with Gasteiger partial charge in [-0.05, 0) is 0 Å². The van der Waals surface area contributed by atoms with E-state index in [1.165, 1.54) is 7.11 Å². The normalized spacial score (nSPS) is 13.0. The molecule has 1 aromatic heterocycles. The monoisotopic (exact) mass is 268 g/mol. The standard InChI is InChI=1S/C7H11F3N6O2/c1-18-6-14-4(13-5(15-6)16-11)12-2-3(17)7(8,9)10/h3,17H,2,11H2,1H3,(H2,12,13,14,15,16). The van der Waals surface area contributed by atoms with Gasteiger partial charge in [0.15, 0.2) is 6.10 Å². The van der Waals surface area contributed by atoms with Crippen LogP contribution in [0.1, 0.15) is 0 Å². The number of rotatable bonds is 5. The Morgan fingerprint density at radius 3 is 2.44 bits per heavy atom. The van der Waals surface area contributed by atoms with Gasteiger partial charge in [0, 0.05) is 0 Å². The zero-order valence-corrected chi connectivity index (χ0v) is 9.19. The molecule has 0 aliphatic carbocycles. The lowest BCUT2D eigenvalue weighted by Gasteiger charge is -2.15. The van der Waals surface area contributed by atoms with Crippen molar-refractivity contribution in [2.45, 2.75) is 12.3 Å². The van der Waals surface area contributed by atoms with Crippen LogP contribution in [0.15, 0.2) is 0 Å². The van der Waals surface area contributed by atoms with Gasteiger partial charge < -0.3 is 15.2 Å². The fourth-order valence-electron chi connectivity index (χ4n) is 0.895. The molecule has 0 aliphatic heterocycles. The number of hydrogen-bond acceptors (Lipinski definition) is 8. The number of nitrogens with zero attached hydrogens (tertiary/aromatic N) is 3. The number of aliphatic hydroxyl groups is 1. The van der Waals surface area contributed by atoms with Crippen LogP contribution < -0.4 is 21.3 Å². The number of aliphatic hydroxyl groups excluding tert-OH is 1. The molecule has 0 saturated heterocycles. The summed E-state index contributed by atoms with van der Waals surface area (Å²) < 4.78 is 40.8. The van der Waals surface area contributed by atoms with E-state index in [9.17, 15) is 13.2 Å². The van der Waals surface area contributed by atoms with E-state index in [0.29, 0.717) is 0 Å². The topological polar surface area (TPSA) is 118 Å². The van der Waals surface area contributed by atoms with Gasteiger partial charge in [0.2, 0.25) is 11.9 Å². The van der Waals surface area contributed by atoms with Crippen molar-refractivity contribution in [3.8, 4) is 6.01 Å². The molecule has 18 heavy (non-hydrogen) atoms. The molecule has 0 aliphatic rings. The molecule has 1 unspecified atom stereocenters. The average molecular weight is 268 g/mol. The predicted octanol–water partition coefficient (Wildman–Crippen LogP) is -0.499. The van der Waals surface area contributed by atoms with Gasteiger partial charge in [-0.2, -0.15) is 28.1 Å². The van der Waals surface area contributed by atoms with Crippen LogP contribution in [0.25, 0.3) is 0 Å². The number of ether oxygens (including phenoxy) is 1. The van der Waals surface area contributed by atoms with E-state index >= 15 is 0 Å². The first-order valence-corrected chi connectivity index (χ1v) is 4.62. The lowest BCUT2D eigenvalue weighted by atomic mass is 10.3. The molecular weight excluding hydrogens is 257 g/mol. The van der Waals surface area contributed by atoms with Crippen molar-refractivity contribution in [1.29, 1.82) is 0 Å². The zero-order valence-electron chi connectivity index (χ0n) is 9.19. The number of methoxy groups -OCH3 is 1. The summed E-state index contributed by atoms with van der Waals surface area (Å²) in [5, 5.41) is 11.0. The summed E-state index contributed by atoms with van der Waals surface area (Å²) in [5.74, 6) is 4.75. The van der Waals surface area contributed by atoms with E-state index in [1.54, 1.807) is 0 Å². The molecule has 0 aromatic carbocycles. The molecule has 5 N–H and O–H groups in total. The maximum atomic E-state index is 12.0. The molecule has 0 saturated carbocycles. The van der Waals surface area contributed by atoms with Crippen molar-refractivity contribution < 1.29 is 23.0 Å². The van der Waals surface area contributed by atoms with Gasteiger partial charge in [0.05, 0.1) is 13.7 Å². The third-order valence-corrected chi connectivity index (χ3v) is 1.76. The van der Waals surface area contributed by atoms with Gasteiger partial charge in [-0.3, -0.25) is 5.43 Å². The summed E-state index contributed by atoms with van der Waals surface area (Å²) >= 11 is 0. The Balaban J connectivity index is 2.72. The number of anilines is 2. The first-order valence-electron chi connectivity index (χ1n) is 4.62. The van der Waals surface area contributed by atoms with Gasteiger partial charge in [0.25, 0.3) is 0 Å². The Hall–Kier alpha value is -1.88. The molecular formula is C7H11F3N6O2. The highest BCUT2D eigenvalue weighted by atomic mass is 19.4. The number of nitrogen functional groups attached to an aromatic ring is 1. The lowest BCUT2D eigenvalue weighted by molar-refractivity contribution is -0.198. The van der Waals surface area contributed by atoms with Gasteiger partial charge >= 0.3 is 12.2 Å². The molecule has 0 fully saturated rings. The lowest BCUT2D eigenvalue weighted by Crippen LogP contribution is -2.35. The van der Waals surface area contributed by atoms with Crippen molar-refractivity contribution in [3.63, 3.8) is 0 Å². The highest BCUT2D eigenvalue weighted by molar-refractivity contribution is 5.34. The van der Waals surface area contributed by atoms with E-state index in [-0.39, 0.29) is 17.9 Å². The average Bonchev–Trinajstić information content (AvgIpc) is 2.34. The number of nitrogens with one attached hydrogen (secondary N) is 2. The highest BCUT2D eigenvalue weighted by Crippen LogP contribution is 2.20. The zero-order chi connectivity index (χ0) is 13.8. The number of aromatic nitrogens is 3. The minimum absolute atomic E-state index is 0.0918. The molecule has 1 aromatic rings. The second-order valence-electron chi connectivity index (χ2n) is 3.05. The minimum atomic E-state index is -4.72. The van der Waals surface area contributed by atoms with Gasteiger partial charge in [0.1, 0.15) is 0 Å². The molecule has 1 heterocycles. The highest BCUT2D eigenvalue weighted by Gasteiger charge is 2.38. The van der Waals surface area contributed by atoms with Crippen LogP contribution in [-0.4, -0.2) is 46.0 Å². The second kappa shape index (κ2) is 5.64. The number of alkyl halides is 3. The van der Waals surface area contributed by atoms with Crippen LogP contribution in [0.4, 0.5) is 25.1 Å². The molecule has 1 atom stereocenters. The molecule has 0 spiro atoms. The Bertz CT molecular complexity index is 379. The summed E-state index contributed by atoms with van der Waals surface area (Å²) in [4.78, 5) is 10.9. The van der Waals surface area contributed by atoms with Crippen LogP contribution in [-0.2, 0) is 0 Å². The molecule has 0 amide bonds. The van der Waals surface area contributed by atoms with Gasteiger partial charge in [-0.1, -0.05) is 0 Å².